The zero-order chi connectivity index (χ0) is 12.7. The maximum atomic E-state index is 5.66. The summed E-state index contributed by atoms with van der Waals surface area (Å²) in [4.78, 5) is 4.02. The van der Waals surface area contributed by atoms with E-state index in [4.69, 9.17) is 4.74 Å². The molecule has 0 saturated carbocycles. The Balaban J connectivity index is 2.36. The van der Waals surface area contributed by atoms with Gasteiger partial charge >= 0.3 is 0 Å². The molecule has 0 atom stereocenters. The van der Waals surface area contributed by atoms with E-state index in [0.29, 0.717) is 6.61 Å². The van der Waals surface area contributed by atoms with Crippen molar-refractivity contribution in [3.63, 3.8) is 0 Å². The summed E-state index contributed by atoms with van der Waals surface area (Å²) in [6.45, 7) is 5.48. The number of aliphatic imine (C=N–C) groups is 1. The molecule has 0 radical (unpaired) electrons. The molecule has 0 aliphatic carbocycles. The summed E-state index contributed by atoms with van der Waals surface area (Å²) in [7, 11) is 3.57. The number of guanidine groups is 1. The van der Waals surface area contributed by atoms with E-state index in [1.165, 1.54) is 11.1 Å². The molecular formula is C13H21N3O. The minimum atomic E-state index is 0.615. The Morgan fingerprint density at radius 3 is 2.41 bits per heavy atom. The van der Waals surface area contributed by atoms with E-state index >= 15 is 0 Å². The van der Waals surface area contributed by atoms with Crippen molar-refractivity contribution in [3.8, 4) is 5.75 Å². The highest BCUT2D eigenvalue weighted by molar-refractivity contribution is 5.79. The summed E-state index contributed by atoms with van der Waals surface area (Å²) in [5.74, 6) is 1.69. The molecule has 0 unspecified atom stereocenters. The third-order valence-corrected chi connectivity index (χ3v) is 2.32. The van der Waals surface area contributed by atoms with Crippen LogP contribution in [0.5, 0.6) is 5.75 Å². The Kier molecular flexibility index (Phi) is 5.33. The van der Waals surface area contributed by atoms with E-state index in [1.54, 1.807) is 7.05 Å². The monoisotopic (exact) mass is 235 g/mol. The number of ether oxygens (including phenoxy) is 1. The lowest BCUT2D eigenvalue weighted by atomic mass is 10.1. The van der Waals surface area contributed by atoms with Gasteiger partial charge in [-0.1, -0.05) is 6.07 Å². The van der Waals surface area contributed by atoms with Crippen LogP contribution in [0.25, 0.3) is 0 Å². The first kappa shape index (κ1) is 13.4. The number of nitrogens with zero attached hydrogens (tertiary/aromatic N) is 1. The van der Waals surface area contributed by atoms with Gasteiger partial charge in [0.2, 0.25) is 0 Å². The SMILES string of the molecule is CN=C(NC)NCCOc1cc(C)cc(C)c1. The highest BCUT2D eigenvalue weighted by atomic mass is 16.5. The van der Waals surface area contributed by atoms with Crippen LogP contribution >= 0.6 is 0 Å². The van der Waals surface area contributed by atoms with Crippen molar-refractivity contribution in [2.75, 3.05) is 27.2 Å². The van der Waals surface area contributed by atoms with Gasteiger partial charge in [-0.3, -0.25) is 4.99 Å². The highest BCUT2D eigenvalue weighted by Crippen LogP contribution is 2.15. The third kappa shape index (κ3) is 4.76. The summed E-state index contributed by atoms with van der Waals surface area (Å²) in [6, 6.07) is 6.22. The molecule has 0 spiro atoms. The van der Waals surface area contributed by atoms with Crippen molar-refractivity contribution in [1.29, 1.82) is 0 Å². The summed E-state index contributed by atoms with van der Waals surface area (Å²) in [6.07, 6.45) is 0. The molecule has 0 saturated heterocycles. The molecule has 0 aliphatic rings. The maximum Gasteiger partial charge on any atom is 0.190 e. The van der Waals surface area contributed by atoms with Gasteiger partial charge in [-0.15, -0.1) is 0 Å². The van der Waals surface area contributed by atoms with Crippen molar-refractivity contribution in [2.45, 2.75) is 13.8 Å². The predicted octanol–water partition coefficient (Wildman–Crippen LogP) is 1.48. The molecule has 94 valence electrons. The molecule has 0 amide bonds. The maximum absolute atomic E-state index is 5.66. The van der Waals surface area contributed by atoms with Gasteiger partial charge in [0.25, 0.3) is 0 Å². The number of aryl methyl sites for hydroxylation is 2. The second-order valence-electron chi connectivity index (χ2n) is 3.92. The number of hydrogen-bond donors (Lipinski definition) is 2. The Hall–Kier alpha value is -1.71. The average molecular weight is 235 g/mol. The van der Waals surface area contributed by atoms with Gasteiger partial charge in [0.1, 0.15) is 12.4 Å². The normalized spacial score (nSPS) is 11.2. The van der Waals surface area contributed by atoms with Gasteiger partial charge in [0, 0.05) is 14.1 Å². The van der Waals surface area contributed by atoms with Crippen LogP contribution in [0.2, 0.25) is 0 Å². The van der Waals surface area contributed by atoms with E-state index in [9.17, 15) is 0 Å². The van der Waals surface area contributed by atoms with Crippen LogP contribution in [-0.2, 0) is 0 Å². The molecule has 1 aromatic rings. The van der Waals surface area contributed by atoms with Gasteiger partial charge in [-0.05, 0) is 37.1 Å². The van der Waals surface area contributed by atoms with Crippen LogP contribution in [0.15, 0.2) is 23.2 Å². The molecule has 2 N–H and O–H groups in total. The van der Waals surface area contributed by atoms with Gasteiger partial charge in [0.15, 0.2) is 5.96 Å². The summed E-state index contributed by atoms with van der Waals surface area (Å²) >= 11 is 0. The van der Waals surface area contributed by atoms with Gasteiger partial charge in [-0.2, -0.15) is 0 Å². The van der Waals surface area contributed by atoms with E-state index in [2.05, 4.69) is 35.5 Å². The van der Waals surface area contributed by atoms with Crippen molar-refractivity contribution < 1.29 is 4.74 Å². The smallest absolute Gasteiger partial charge is 0.190 e. The van der Waals surface area contributed by atoms with Crippen LogP contribution in [0.4, 0.5) is 0 Å². The molecule has 1 rings (SSSR count). The molecule has 4 heteroatoms. The van der Waals surface area contributed by atoms with E-state index < -0.39 is 0 Å². The lowest BCUT2D eigenvalue weighted by Gasteiger charge is -2.10. The first-order valence-electron chi connectivity index (χ1n) is 5.75. The van der Waals surface area contributed by atoms with Crippen molar-refractivity contribution in [3.05, 3.63) is 29.3 Å². The number of benzene rings is 1. The van der Waals surface area contributed by atoms with Crippen molar-refractivity contribution in [1.82, 2.24) is 10.6 Å². The van der Waals surface area contributed by atoms with Gasteiger partial charge in [0.05, 0.1) is 6.54 Å². The minimum Gasteiger partial charge on any atom is -0.492 e. The van der Waals surface area contributed by atoms with E-state index in [-0.39, 0.29) is 0 Å². The van der Waals surface area contributed by atoms with Crippen molar-refractivity contribution >= 4 is 5.96 Å². The third-order valence-electron chi connectivity index (χ3n) is 2.32. The first-order chi connectivity index (χ1) is 8.15. The Morgan fingerprint density at radius 2 is 1.88 bits per heavy atom. The fourth-order valence-electron chi connectivity index (χ4n) is 1.63. The number of nitrogens with one attached hydrogen (secondary N) is 2. The summed E-state index contributed by atoms with van der Waals surface area (Å²) < 4.78 is 5.66. The first-order valence-corrected chi connectivity index (χ1v) is 5.75. The Bertz CT molecular complexity index is 368. The quantitative estimate of drug-likeness (QED) is 0.472. The molecule has 0 heterocycles. The van der Waals surface area contributed by atoms with Crippen molar-refractivity contribution in [2.24, 2.45) is 4.99 Å². The van der Waals surface area contributed by atoms with Crippen LogP contribution < -0.4 is 15.4 Å². The number of rotatable bonds is 4. The van der Waals surface area contributed by atoms with Crippen LogP contribution in [0.1, 0.15) is 11.1 Å². The standard InChI is InChI=1S/C13H21N3O/c1-10-7-11(2)9-12(8-10)17-6-5-16-13(14-3)15-4/h7-9H,5-6H2,1-4H3,(H2,14,15,16). The fraction of sp³-hybridized carbons (Fsp3) is 0.462. The summed E-state index contributed by atoms with van der Waals surface area (Å²) in [5, 5.41) is 6.08. The largest absolute Gasteiger partial charge is 0.492 e. The van der Waals surface area contributed by atoms with Crippen LogP contribution in [0, 0.1) is 13.8 Å². The molecule has 0 fully saturated rings. The van der Waals surface area contributed by atoms with Gasteiger partial charge in [-0.25, -0.2) is 0 Å². The average Bonchev–Trinajstić information content (AvgIpc) is 2.28. The molecule has 0 aromatic heterocycles. The van der Waals surface area contributed by atoms with Gasteiger partial charge < -0.3 is 15.4 Å². The van der Waals surface area contributed by atoms with Crippen LogP contribution in [-0.4, -0.2) is 33.2 Å². The molecule has 4 nitrogen and oxygen atoms in total. The second-order valence-corrected chi connectivity index (χ2v) is 3.92. The molecular weight excluding hydrogens is 214 g/mol. The second kappa shape index (κ2) is 6.78. The minimum absolute atomic E-state index is 0.615. The predicted molar refractivity (Wildman–Crippen MR) is 71.8 cm³/mol. The van der Waals surface area contributed by atoms with Crippen LogP contribution in [0.3, 0.4) is 0 Å². The van der Waals surface area contributed by atoms with E-state index in [1.807, 2.05) is 19.2 Å². The molecule has 0 aliphatic heterocycles. The fourth-order valence-corrected chi connectivity index (χ4v) is 1.63. The Morgan fingerprint density at radius 1 is 1.24 bits per heavy atom. The molecule has 0 bridgehead atoms. The number of hydrogen-bond acceptors (Lipinski definition) is 2. The molecule has 17 heavy (non-hydrogen) atoms. The lowest BCUT2D eigenvalue weighted by molar-refractivity contribution is 0.321. The summed E-state index contributed by atoms with van der Waals surface area (Å²) in [5.41, 5.74) is 2.44. The molecule has 1 aromatic carbocycles. The zero-order valence-corrected chi connectivity index (χ0v) is 11.0. The zero-order valence-electron chi connectivity index (χ0n) is 11.0. The lowest BCUT2D eigenvalue weighted by Crippen LogP contribution is -2.37. The highest BCUT2D eigenvalue weighted by Gasteiger charge is 1.97. The van der Waals surface area contributed by atoms with E-state index in [0.717, 1.165) is 18.3 Å². The topological polar surface area (TPSA) is 45.7 Å². The Labute approximate surface area is 103 Å².